The zero-order valence-corrected chi connectivity index (χ0v) is 34.1. The number of unbranched alkanes of at least 4 members (excludes halogenated alkanes) is 38. The largest absolute Gasteiger partial charge is 0.0840 e. The summed E-state index contributed by atoms with van der Waals surface area (Å²) in [6.07, 6.45) is 63.0. The Morgan fingerprint density at radius 2 is 0.404 bits per heavy atom. The van der Waals surface area contributed by atoms with Crippen LogP contribution in [0.3, 0.4) is 0 Å². The average molecular weight is 675 g/mol. The van der Waals surface area contributed by atoms with Crippen LogP contribution < -0.4 is 0 Å². The highest BCUT2D eigenvalue weighted by Gasteiger charge is 1.97. The highest BCUT2D eigenvalue weighted by atomic mass is 31.1. The minimum atomic E-state index is 0.892. The fourth-order valence-corrected chi connectivity index (χ4v) is 7.76. The van der Waals surface area contributed by atoms with Gasteiger partial charge in [0.1, 0.15) is 0 Å². The van der Waals surface area contributed by atoms with Crippen LogP contribution in [0.4, 0.5) is 0 Å². The van der Waals surface area contributed by atoms with E-state index in [2.05, 4.69) is 37.6 Å². The van der Waals surface area contributed by atoms with Gasteiger partial charge in [0.15, 0.2) is 0 Å². The molecule has 1 heteroatoms. The van der Waals surface area contributed by atoms with E-state index >= 15 is 0 Å². The Labute approximate surface area is 302 Å². The molecule has 0 aliphatic heterocycles. The fourth-order valence-electron chi connectivity index (χ4n) is 7.04. The van der Waals surface area contributed by atoms with Crippen molar-refractivity contribution in [2.45, 2.75) is 271 Å². The van der Waals surface area contributed by atoms with Crippen LogP contribution >= 0.6 is 8.58 Å². The summed E-state index contributed by atoms with van der Waals surface area (Å²) >= 11 is 0. The number of allylic oxidation sites excluding steroid dienone is 2. The molecule has 0 amide bonds. The van der Waals surface area contributed by atoms with Gasteiger partial charge in [-0.25, -0.2) is 0 Å². The van der Waals surface area contributed by atoms with E-state index in [1.165, 1.54) is 257 Å². The smallest absolute Gasteiger partial charge is 0.0347 e. The van der Waals surface area contributed by atoms with Gasteiger partial charge >= 0.3 is 0 Å². The summed E-state index contributed by atoms with van der Waals surface area (Å²) in [5, 5.41) is 0. The highest BCUT2D eigenvalue weighted by molar-refractivity contribution is 7.45. The molecule has 0 aliphatic rings. The van der Waals surface area contributed by atoms with E-state index in [1.807, 2.05) is 0 Å². The second-order valence-electron chi connectivity index (χ2n) is 15.3. The van der Waals surface area contributed by atoms with Crippen molar-refractivity contribution >= 4 is 8.58 Å². The van der Waals surface area contributed by atoms with E-state index in [9.17, 15) is 0 Å². The molecule has 0 unspecified atom stereocenters. The monoisotopic (exact) mass is 675 g/mol. The molecule has 0 rings (SSSR count). The van der Waals surface area contributed by atoms with Crippen LogP contribution in [0.1, 0.15) is 271 Å². The molecule has 0 heterocycles. The Morgan fingerprint density at radius 3 is 0.596 bits per heavy atom. The third-order valence-electron chi connectivity index (χ3n) is 10.4. The van der Waals surface area contributed by atoms with Gasteiger partial charge in [-0.15, -0.1) is 0 Å². The van der Waals surface area contributed by atoms with Gasteiger partial charge in [0.25, 0.3) is 0 Å². The summed E-state index contributed by atoms with van der Waals surface area (Å²) in [5.74, 6) is 4.84. The minimum absolute atomic E-state index is 0.892. The molecule has 0 N–H and O–H groups in total. The summed E-state index contributed by atoms with van der Waals surface area (Å²) in [6, 6.07) is 0. The lowest BCUT2D eigenvalue weighted by Crippen LogP contribution is -1.84. The van der Waals surface area contributed by atoms with Gasteiger partial charge in [-0.3, -0.25) is 0 Å². The summed E-state index contributed by atoms with van der Waals surface area (Å²) in [5.41, 5.74) is 0. The first-order valence-corrected chi connectivity index (χ1v) is 23.6. The van der Waals surface area contributed by atoms with Crippen molar-refractivity contribution in [2.75, 3.05) is 0 Å². The fraction of sp³-hybridized carbons (Fsp3) is 0.913. The maximum atomic E-state index is 2.44. The minimum Gasteiger partial charge on any atom is -0.0840 e. The molecule has 0 aliphatic carbocycles. The number of hydrogen-bond acceptors (Lipinski definition) is 0. The lowest BCUT2D eigenvalue weighted by Gasteiger charge is -2.04. The first-order chi connectivity index (χ1) is 23.4. The van der Waals surface area contributed by atoms with Gasteiger partial charge in [-0.2, -0.15) is 0 Å². The first-order valence-electron chi connectivity index (χ1n) is 22.5. The molecule has 0 saturated heterocycles. The molecule has 0 fully saturated rings. The molecule has 0 atom stereocenters. The molecule has 0 spiro atoms. The Bertz CT molecular complexity index is 528. The maximum absolute atomic E-state index is 2.44. The van der Waals surface area contributed by atoms with Crippen LogP contribution in [0.5, 0.6) is 0 Å². The molecule has 0 nitrogen and oxygen atoms in total. The van der Waals surface area contributed by atoms with Gasteiger partial charge in [0, 0.05) is 0 Å². The van der Waals surface area contributed by atoms with E-state index < -0.39 is 0 Å². The second kappa shape index (κ2) is 45.9. The summed E-state index contributed by atoms with van der Waals surface area (Å²) in [4.78, 5) is 0. The normalized spacial score (nSPS) is 12.0. The molecular weight excluding hydrogens is 583 g/mol. The van der Waals surface area contributed by atoms with E-state index in [0.717, 1.165) is 8.58 Å². The third-order valence-corrected chi connectivity index (χ3v) is 11.2. The number of rotatable bonds is 42. The van der Waals surface area contributed by atoms with Crippen molar-refractivity contribution in [3.8, 4) is 0 Å². The van der Waals surface area contributed by atoms with Crippen LogP contribution in [0.25, 0.3) is 0 Å². The molecule has 0 aromatic carbocycles. The molecule has 0 aromatic heterocycles. The van der Waals surface area contributed by atoms with Gasteiger partial charge in [0.2, 0.25) is 0 Å². The van der Waals surface area contributed by atoms with E-state index in [0.29, 0.717) is 0 Å². The van der Waals surface area contributed by atoms with Crippen LogP contribution in [-0.2, 0) is 0 Å². The molecular formula is C46H91P. The van der Waals surface area contributed by atoms with Gasteiger partial charge < -0.3 is 0 Å². The van der Waals surface area contributed by atoms with Crippen molar-refractivity contribution < 1.29 is 0 Å². The van der Waals surface area contributed by atoms with Crippen molar-refractivity contribution in [3.05, 3.63) is 23.8 Å². The zero-order valence-electron chi connectivity index (χ0n) is 33.1. The Morgan fingerprint density at radius 1 is 0.234 bits per heavy atom. The standard InChI is InChI=1S/C46H91P/c1-3-5-7-9-11-13-15-17-19-21-23-25-27-29-31-33-35-37-39-41-43-45-47-46-44-42-40-38-36-34-32-30-28-26-24-22-20-18-16-14-12-10-8-6-4-2/h43-47H,3-42H2,1-2H3/b45-43+,46-44+. The van der Waals surface area contributed by atoms with Crippen molar-refractivity contribution in [1.29, 1.82) is 0 Å². The number of hydrogen-bond donors (Lipinski definition) is 0. The van der Waals surface area contributed by atoms with Crippen molar-refractivity contribution in [3.63, 3.8) is 0 Å². The summed E-state index contributed by atoms with van der Waals surface area (Å²) < 4.78 is 0. The van der Waals surface area contributed by atoms with Gasteiger partial charge in [-0.1, -0.05) is 277 Å². The lowest BCUT2D eigenvalue weighted by molar-refractivity contribution is 0.523. The predicted molar refractivity (Wildman–Crippen MR) is 223 cm³/mol. The highest BCUT2D eigenvalue weighted by Crippen LogP contribution is 2.19. The molecule has 0 bridgehead atoms. The average Bonchev–Trinajstić information content (AvgIpc) is 3.08. The quantitative estimate of drug-likeness (QED) is 0.0446. The van der Waals surface area contributed by atoms with Crippen LogP contribution in [0.2, 0.25) is 0 Å². The SMILES string of the molecule is CCCCCCCCCCCCCCCCCCCCC/C=C/P/C=C/CCCCCCCCCCCCCCCCCCCCC. The maximum Gasteiger partial charge on any atom is -0.0347 e. The Kier molecular flexibility index (Phi) is 45.8. The molecule has 0 aromatic rings. The second-order valence-corrected chi connectivity index (χ2v) is 16.3. The van der Waals surface area contributed by atoms with Crippen LogP contribution in [0.15, 0.2) is 23.8 Å². The zero-order chi connectivity index (χ0) is 33.8. The van der Waals surface area contributed by atoms with E-state index in [-0.39, 0.29) is 0 Å². The summed E-state index contributed by atoms with van der Waals surface area (Å²) in [6.45, 7) is 4.62. The van der Waals surface area contributed by atoms with Crippen LogP contribution in [0, 0.1) is 0 Å². The first kappa shape index (κ1) is 46.9. The Hall–Kier alpha value is -0.0900. The van der Waals surface area contributed by atoms with Crippen LogP contribution in [-0.4, -0.2) is 0 Å². The van der Waals surface area contributed by atoms with E-state index in [1.54, 1.807) is 0 Å². The van der Waals surface area contributed by atoms with Crippen molar-refractivity contribution in [1.82, 2.24) is 0 Å². The summed E-state index contributed by atoms with van der Waals surface area (Å²) in [7, 11) is 0.892. The van der Waals surface area contributed by atoms with Gasteiger partial charge in [-0.05, 0) is 25.7 Å². The molecule has 47 heavy (non-hydrogen) atoms. The topological polar surface area (TPSA) is 0 Å². The third kappa shape index (κ3) is 45.9. The molecule has 0 saturated carbocycles. The lowest BCUT2D eigenvalue weighted by atomic mass is 10.0. The van der Waals surface area contributed by atoms with Crippen molar-refractivity contribution in [2.24, 2.45) is 0 Å². The Balaban J connectivity index is 3.14. The van der Waals surface area contributed by atoms with Gasteiger partial charge in [0.05, 0.1) is 0 Å². The van der Waals surface area contributed by atoms with E-state index in [4.69, 9.17) is 0 Å². The molecule has 280 valence electrons. The molecule has 0 radical (unpaired) electrons. The predicted octanol–water partition coefficient (Wildman–Crippen LogP) is 18.3.